The summed E-state index contributed by atoms with van der Waals surface area (Å²) < 4.78 is 13.6. The Bertz CT molecular complexity index is 312. The Morgan fingerprint density at radius 1 is 0.818 bits per heavy atom. The molecule has 1 nitrogen and oxygen atoms in total. The molecule has 0 radical (unpaired) electrons. The van der Waals surface area contributed by atoms with E-state index in [1.165, 1.54) is 25.7 Å². The van der Waals surface area contributed by atoms with Gasteiger partial charge in [-0.25, -0.2) is 0 Å². The van der Waals surface area contributed by atoms with Crippen LogP contribution < -0.4 is 0 Å². The van der Waals surface area contributed by atoms with Crippen LogP contribution in [-0.2, 0) is 4.57 Å². The molecule has 0 amide bonds. The van der Waals surface area contributed by atoms with E-state index in [9.17, 15) is 4.57 Å². The fourth-order valence-electron chi connectivity index (χ4n) is 2.95. The zero-order chi connectivity index (χ0) is 17.2. The maximum Gasteiger partial charge on any atom is 0.404 e. The molecular weight excluding hydrogens is 374 g/mol. The topological polar surface area (TPSA) is 17.1 Å². The van der Waals surface area contributed by atoms with Crippen molar-refractivity contribution >= 4 is 45.6 Å². The molecule has 0 aromatic heterocycles. The molecule has 0 fully saturated rings. The Kier molecular flexibility index (Phi) is 12.5. The van der Waals surface area contributed by atoms with E-state index in [4.69, 9.17) is 33.2 Å². The zero-order valence-corrected chi connectivity index (χ0v) is 18.9. The lowest BCUT2D eigenvalue weighted by Crippen LogP contribution is -2.24. The van der Waals surface area contributed by atoms with E-state index in [-0.39, 0.29) is 0 Å². The van der Waals surface area contributed by atoms with Crippen molar-refractivity contribution in [1.82, 2.24) is 0 Å². The minimum Gasteiger partial charge on any atom is -0.324 e. The van der Waals surface area contributed by atoms with Crippen LogP contribution in [-0.4, -0.2) is 18.0 Å². The number of hydrogen-bond acceptors (Lipinski definition) is 1. The van der Waals surface area contributed by atoms with Gasteiger partial charge >= 0.3 is 5.67 Å². The van der Waals surface area contributed by atoms with Crippen molar-refractivity contribution in [2.45, 2.75) is 79.1 Å². The summed E-state index contributed by atoms with van der Waals surface area (Å²) >= 11 is 19.0. The van der Waals surface area contributed by atoms with Crippen LogP contribution in [0.5, 0.6) is 0 Å². The van der Waals surface area contributed by atoms with E-state index < -0.39 is 12.4 Å². The summed E-state index contributed by atoms with van der Waals surface area (Å²) in [5.74, 6) is 0.884. The van der Waals surface area contributed by atoms with Crippen molar-refractivity contribution in [2.24, 2.45) is 11.8 Å². The second kappa shape index (κ2) is 11.8. The van der Waals surface area contributed by atoms with Gasteiger partial charge in [0.1, 0.15) is 6.69 Å². The number of hydrogen-bond donors (Lipinski definition) is 0. The van der Waals surface area contributed by atoms with Gasteiger partial charge in [-0.2, -0.15) is 0 Å². The first-order valence-electron chi connectivity index (χ1n) is 8.88. The first kappa shape index (κ1) is 23.3. The monoisotopic (exact) mass is 406 g/mol. The van der Waals surface area contributed by atoms with Crippen LogP contribution in [0.25, 0.3) is 0 Å². The first-order valence-corrected chi connectivity index (χ1v) is 16.8. The molecule has 134 valence electrons. The fourth-order valence-corrected chi connectivity index (χ4v) is 12.6. The quantitative estimate of drug-likeness (QED) is 0.172. The van der Waals surface area contributed by atoms with Crippen molar-refractivity contribution in [2.75, 3.05) is 12.3 Å². The third kappa shape index (κ3) is 8.43. The number of halogens is 3. The van der Waals surface area contributed by atoms with Crippen LogP contribution in [0.1, 0.15) is 79.1 Å². The predicted molar refractivity (Wildman–Crippen MR) is 107 cm³/mol. The molecule has 0 aromatic carbocycles. The normalized spacial score (nSPS) is 18.0. The van der Waals surface area contributed by atoms with Crippen LogP contribution >= 0.6 is 39.9 Å². The largest absolute Gasteiger partial charge is 0.404 e. The summed E-state index contributed by atoms with van der Waals surface area (Å²) in [5, 5.41) is 0. The molecule has 0 saturated carbocycles. The smallest absolute Gasteiger partial charge is 0.324 e. The van der Waals surface area contributed by atoms with Crippen LogP contribution in [0.15, 0.2) is 0 Å². The highest BCUT2D eigenvalue weighted by molar-refractivity contribution is 8.21. The van der Waals surface area contributed by atoms with E-state index >= 15 is 0 Å². The Morgan fingerprint density at radius 2 is 1.18 bits per heavy atom. The summed E-state index contributed by atoms with van der Waals surface area (Å²) in [4.78, 5) is 0. The van der Waals surface area contributed by atoms with Gasteiger partial charge in [-0.3, -0.25) is 0 Å². The van der Waals surface area contributed by atoms with Gasteiger partial charge in [-0.1, -0.05) is 79.1 Å². The maximum absolute atomic E-state index is 13.6. The molecule has 0 bridgehead atoms. The van der Waals surface area contributed by atoms with Crippen LogP contribution in [0.4, 0.5) is 0 Å². The molecule has 6 heteroatoms. The van der Waals surface area contributed by atoms with E-state index in [0.717, 1.165) is 25.7 Å². The molecule has 0 N–H and O–H groups in total. The summed E-state index contributed by atoms with van der Waals surface area (Å²) in [6, 6.07) is 0. The van der Waals surface area contributed by atoms with Crippen molar-refractivity contribution < 1.29 is 4.57 Å². The van der Waals surface area contributed by atoms with Crippen LogP contribution in [0.2, 0.25) is 0 Å². The third-order valence-electron chi connectivity index (χ3n) is 4.65. The van der Waals surface area contributed by atoms with Crippen molar-refractivity contribution in [3.8, 4) is 0 Å². The SMILES string of the molecule is CCCCC(CC)CP(=O)(CC(CC)CCCC)[Si](Cl)(Cl)Cl. The molecule has 0 aliphatic carbocycles. The highest BCUT2D eigenvalue weighted by Crippen LogP contribution is 2.64. The van der Waals surface area contributed by atoms with E-state index in [1.807, 2.05) is 0 Å². The molecule has 0 aromatic rings. The standard InChI is InChI=1S/C16H34Cl3OPSi/c1-5-9-11-15(7-3)13-21(20,22(17,18)19)14-16(8-4)12-10-6-2/h15-16H,5-14H2,1-4H3. The maximum atomic E-state index is 13.6. The lowest BCUT2D eigenvalue weighted by molar-refractivity contribution is 0.467. The van der Waals surface area contributed by atoms with Gasteiger partial charge in [-0.15, -0.1) is 33.2 Å². The molecule has 0 saturated heterocycles. The molecular formula is C16H34Cl3OPSi. The van der Waals surface area contributed by atoms with Gasteiger partial charge in [0, 0.05) is 12.3 Å². The van der Waals surface area contributed by atoms with Gasteiger partial charge in [0.2, 0.25) is 0 Å². The minimum atomic E-state index is -3.18. The molecule has 0 heterocycles. The summed E-state index contributed by atoms with van der Waals surface area (Å²) in [5.41, 5.74) is -3.18. The second-order valence-corrected chi connectivity index (χ2v) is 23.7. The summed E-state index contributed by atoms with van der Waals surface area (Å²) in [6.07, 6.45) is 10.3. The molecule has 22 heavy (non-hydrogen) atoms. The van der Waals surface area contributed by atoms with Crippen molar-refractivity contribution in [1.29, 1.82) is 0 Å². The Balaban J connectivity index is 5.02. The Morgan fingerprint density at radius 3 is 1.41 bits per heavy atom. The lowest BCUT2D eigenvalue weighted by atomic mass is 10.0. The second-order valence-electron chi connectivity index (χ2n) is 6.56. The zero-order valence-electron chi connectivity index (χ0n) is 14.7. The van der Waals surface area contributed by atoms with Crippen molar-refractivity contribution in [3.63, 3.8) is 0 Å². The number of unbranched alkanes of at least 4 members (excludes halogenated alkanes) is 2. The molecule has 2 unspecified atom stereocenters. The predicted octanol–water partition coefficient (Wildman–Crippen LogP) is 7.93. The molecule has 0 aliphatic heterocycles. The van der Waals surface area contributed by atoms with Gasteiger partial charge in [0.15, 0.2) is 0 Å². The summed E-state index contributed by atoms with van der Waals surface area (Å²) in [6.45, 7) is 6.01. The van der Waals surface area contributed by atoms with Gasteiger partial charge in [0.25, 0.3) is 0 Å². The van der Waals surface area contributed by atoms with E-state index in [2.05, 4.69) is 27.7 Å². The minimum absolute atomic E-state index is 0.442. The molecule has 0 aliphatic rings. The lowest BCUT2D eigenvalue weighted by Gasteiger charge is -2.30. The molecule has 0 rings (SSSR count). The Hall–Kier alpha value is 1.32. The van der Waals surface area contributed by atoms with Gasteiger partial charge < -0.3 is 4.57 Å². The highest BCUT2D eigenvalue weighted by Gasteiger charge is 2.49. The van der Waals surface area contributed by atoms with E-state index in [1.54, 1.807) is 0 Å². The number of rotatable bonds is 13. The highest BCUT2D eigenvalue weighted by atomic mass is 35.9. The average molecular weight is 408 g/mol. The van der Waals surface area contributed by atoms with Gasteiger partial charge in [0.05, 0.1) is 0 Å². The van der Waals surface area contributed by atoms with Crippen molar-refractivity contribution in [3.05, 3.63) is 0 Å². The molecule has 0 spiro atoms. The Labute approximate surface area is 153 Å². The van der Waals surface area contributed by atoms with E-state index in [0.29, 0.717) is 24.2 Å². The third-order valence-corrected chi connectivity index (χ3v) is 20.0. The van der Waals surface area contributed by atoms with Crippen LogP contribution in [0.3, 0.4) is 0 Å². The first-order chi connectivity index (χ1) is 10.2. The van der Waals surface area contributed by atoms with Crippen LogP contribution in [0, 0.1) is 11.8 Å². The fraction of sp³-hybridized carbons (Fsp3) is 1.00. The van der Waals surface area contributed by atoms with Gasteiger partial charge in [-0.05, 0) is 11.8 Å². The summed E-state index contributed by atoms with van der Waals surface area (Å²) in [7, 11) is 0. The molecule has 2 atom stereocenters. The average Bonchev–Trinajstić information content (AvgIpc) is 2.46.